The van der Waals surface area contributed by atoms with Gasteiger partial charge in [-0.3, -0.25) is 4.79 Å². The van der Waals surface area contributed by atoms with Gasteiger partial charge in [0.15, 0.2) is 0 Å². The first-order chi connectivity index (χ1) is 19.1. The van der Waals surface area contributed by atoms with E-state index in [-0.39, 0.29) is 22.8 Å². The van der Waals surface area contributed by atoms with Crippen LogP contribution in [0.25, 0.3) is 0 Å². The van der Waals surface area contributed by atoms with Crippen LogP contribution in [0.1, 0.15) is 36.0 Å². The van der Waals surface area contributed by atoms with E-state index in [1.807, 2.05) is 30.3 Å². The van der Waals surface area contributed by atoms with E-state index in [9.17, 15) is 21.6 Å². The molecule has 214 valence electrons. The van der Waals surface area contributed by atoms with Crippen molar-refractivity contribution in [2.45, 2.75) is 55.0 Å². The third kappa shape index (κ3) is 7.28. The van der Waals surface area contributed by atoms with Gasteiger partial charge in [-0.25, -0.2) is 16.8 Å². The summed E-state index contributed by atoms with van der Waals surface area (Å²) >= 11 is 0. The van der Waals surface area contributed by atoms with Crippen molar-refractivity contribution in [1.82, 2.24) is 14.3 Å². The number of piperidine rings is 1. The molecular formula is C29H35N3O6S2. The van der Waals surface area contributed by atoms with Gasteiger partial charge in [0.2, 0.25) is 26.0 Å². The highest BCUT2D eigenvalue weighted by molar-refractivity contribution is 7.89. The topological polar surface area (TPSA) is 122 Å². The monoisotopic (exact) mass is 585 g/mol. The smallest absolute Gasteiger partial charge is 0.243 e. The molecule has 1 aliphatic heterocycles. The summed E-state index contributed by atoms with van der Waals surface area (Å²) in [5, 5.41) is 2.80. The number of carbonyl (C=O) groups is 1. The first kappa shape index (κ1) is 29.7. The maximum atomic E-state index is 13.3. The second-order valence-electron chi connectivity index (χ2n) is 9.82. The Bertz CT molecular complexity index is 1520. The van der Waals surface area contributed by atoms with Crippen molar-refractivity contribution in [3.05, 3.63) is 89.5 Å². The largest absolute Gasteiger partial charge is 0.496 e. The number of nitrogens with zero attached hydrogens (tertiary/aromatic N) is 1. The number of rotatable bonds is 11. The van der Waals surface area contributed by atoms with Crippen LogP contribution >= 0.6 is 0 Å². The summed E-state index contributed by atoms with van der Waals surface area (Å²) in [5.41, 5.74) is 2.14. The number of ether oxygens (including phenoxy) is 1. The number of benzene rings is 3. The summed E-state index contributed by atoms with van der Waals surface area (Å²) in [6, 6.07) is 19.0. The van der Waals surface area contributed by atoms with Crippen LogP contribution in [0, 0.1) is 6.92 Å². The SMILES string of the molecule is COc1ccc(S(=O)(=O)N[C@@H](Cc2ccccc2)C(=O)NCc2ccc(S(=O)(=O)N3CCCCC3)cc2)cc1C. The van der Waals surface area contributed by atoms with E-state index >= 15 is 0 Å². The quantitative estimate of drug-likeness (QED) is 0.356. The number of sulfonamides is 2. The summed E-state index contributed by atoms with van der Waals surface area (Å²) in [6.07, 6.45) is 2.89. The molecule has 9 nitrogen and oxygen atoms in total. The normalized spacial score (nSPS) is 15.3. The van der Waals surface area contributed by atoms with Gasteiger partial charge < -0.3 is 10.1 Å². The predicted molar refractivity (Wildman–Crippen MR) is 153 cm³/mol. The molecule has 0 aliphatic carbocycles. The number of aryl methyl sites for hydroxylation is 1. The minimum atomic E-state index is -4.03. The molecule has 0 spiro atoms. The standard InChI is InChI=1S/C29H35N3O6S2/c1-22-19-26(15-16-28(22)38-2)39(34,35)31-27(20-23-9-5-3-6-10-23)29(33)30-21-24-11-13-25(14-12-24)40(36,37)32-17-7-4-8-18-32/h3,5-6,9-16,19,27,31H,4,7-8,17-18,20-21H2,1-2H3,(H,30,33)/t27-/m0/s1. The third-order valence-corrected chi connectivity index (χ3v) is 10.3. The highest BCUT2D eigenvalue weighted by atomic mass is 32.2. The Morgan fingerprint density at radius 2 is 1.52 bits per heavy atom. The Balaban J connectivity index is 1.47. The average molecular weight is 586 g/mol. The van der Waals surface area contributed by atoms with Crippen molar-refractivity contribution in [3.63, 3.8) is 0 Å². The Morgan fingerprint density at radius 1 is 0.875 bits per heavy atom. The minimum absolute atomic E-state index is 0.0298. The van der Waals surface area contributed by atoms with Gasteiger partial charge in [-0.1, -0.05) is 48.9 Å². The van der Waals surface area contributed by atoms with Crippen LogP contribution in [0.15, 0.2) is 82.6 Å². The summed E-state index contributed by atoms with van der Waals surface area (Å²) < 4.78 is 61.6. The lowest BCUT2D eigenvalue weighted by Crippen LogP contribution is -2.47. The fourth-order valence-corrected chi connectivity index (χ4v) is 7.45. The van der Waals surface area contributed by atoms with Crippen LogP contribution in [-0.2, 0) is 37.8 Å². The third-order valence-electron chi connectivity index (χ3n) is 6.92. The van der Waals surface area contributed by atoms with Crippen molar-refractivity contribution in [2.75, 3.05) is 20.2 Å². The molecule has 4 rings (SSSR count). The number of hydrogen-bond acceptors (Lipinski definition) is 6. The number of amides is 1. The Kier molecular flexibility index (Phi) is 9.62. The van der Waals surface area contributed by atoms with Crippen LogP contribution < -0.4 is 14.8 Å². The molecule has 0 saturated carbocycles. The molecular weight excluding hydrogens is 550 g/mol. The highest BCUT2D eigenvalue weighted by Gasteiger charge is 2.28. The molecule has 40 heavy (non-hydrogen) atoms. The van der Waals surface area contributed by atoms with E-state index in [0.29, 0.717) is 30.0 Å². The lowest BCUT2D eigenvalue weighted by atomic mass is 10.1. The van der Waals surface area contributed by atoms with Crippen LogP contribution in [0.3, 0.4) is 0 Å². The molecule has 1 fully saturated rings. The Morgan fingerprint density at radius 3 is 2.15 bits per heavy atom. The van der Waals surface area contributed by atoms with Crippen molar-refractivity contribution < 1.29 is 26.4 Å². The molecule has 1 heterocycles. The van der Waals surface area contributed by atoms with Gasteiger partial charge in [0, 0.05) is 19.6 Å². The molecule has 0 unspecified atom stereocenters. The van der Waals surface area contributed by atoms with Crippen molar-refractivity contribution in [3.8, 4) is 5.75 Å². The summed E-state index contributed by atoms with van der Waals surface area (Å²) in [6.45, 7) is 2.90. The fourth-order valence-electron chi connectivity index (χ4n) is 4.66. The maximum Gasteiger partial charge on any atom is 0.243 e. The molecule has 1 amide bonds. The summed E-state index contributed by atoms with van der Waals surface area (Å²) in [5.74, 6) is 0.0648. The van der Waals surface area contributed by atoms with Crippen molar-refractivity contribution >= 4 is 26.0 Å². The molecule has 1 atom stereocenters. The molecule has 0 bridgehead atoms. The van der Waals surface area contributed by atoms with Gasteiger partial charge in [0.25, 0.3) is 0 Å². The van der Waals surface area contributed by atoms with Gasteiger partial charge in [-0.2, -0.15) is 9.03 Å². The number of methoxy groups -OCH3 is 1. The molecule has 1 aliphatic rings. The lowest BCUT2D eigenvalue weighted by Gasteiger charge is -2.25. The molecule has 3 aromatic rings. The van der Waals surface area contributed by atoms with E-state index in [4.69, 9.17) is 4.74 Å². The van der Waals surface area contributed by atoms with Crippen molar-refractivity contribution in [2.24, 2.45) is 0 Å². The number of hydrogen-bond donors (Lipinski definition) is 2. The van der Waals surface area contributed by atoms with Crippen LogP contribution in [-0.4, -0.2) is 53.3 Å². The van der Waals surface area contributed by atoms with E-state index in [1.165, 1.54) is 23.5 Å². The molecule has 2 N–H and O–H groups in total. The minimum Gasteiger partial charge on any atom is -0.496 e. The molecule has 3 aromatic carbocycles. The molecule has 0 aromatic heterocycles. The van der Waals surface area contributed by atoms with Gasteiger partial charge in [0.1, 0.15) is 11.8 Å². The van der Waals surface area contributed by atoms with E-state index in [2.05, 4.69) is 10.0 Å². The summed E-state index contributed by atoms with van der Waals surface area (Å²) in [4.78, 5) is 13.5. The molecule has 1 saturated heterocycles. The first-order valence-corrected chi connectivity index (χ1v) is 16.1. The Labute approximate surface area is 236 Å². The second kappa shape index (κ2) is 12.9. The van der Waals surface area contributed by atoms with Crippen LogP contribution in [0.2, 0.25) is 0 Å². The van der Waals surface area contributed by atoms with Crippen LogP contribution in [0.4, 0.5) is 0 Å². The second-order valence-corrected chi connectivity index (χ2v) is 13.5. The predicted octanol–water partition coefficient (Wildman–Crippen LogP) is 3.38. The zero-order chi connectivity index (χ0) is 28.8. The van der Waals surface area contributed by atoms with E-state index < -0.39 is 32.0 Å². The zero-order valence-corrected chi connectivity index (χ0v) is 24.3. The van der Waals surface area contributed by atoms with Gasteiger partial charge in [0.05, 0.1) is 16.9 Å². The van der Waals surface area contributed by atoms with E-state index in [1.54, 1.807) is 37.3 Å². The number of carbonyl (C=O) groups excluding carboxylic acids is 1. The first-order valence-electron chi connectivity index (χ1n) is 13.2. The fraction of sp³-hybridized carbons (Fsp3) is 0.345. The number of nitrogens with one attached hydrogen (secondary N) is 2. The highest BCUT2D eigenvalue weighted by Crippen LogP contribution is 2.23. The van der Waals surface area contributed by atoms with E-state index in [0.717, 1.165) is 24.8 Å². The van der Waals surface area contributed by atoms with Gasteiger partial charge >= 0.3 is 0 Å². The van der Waals surface area contributed by atoms with Crippen molar-refractivity contribution in [1.29, 1.82) is 0 Å². The summed E-state index contributed by atoms with van der Waals surface area (Å²) in [7, 11) is -6.07. The maximum absolute atomic E-state index is 13.3. The average Bonchev–Trinajstić information content (AvgIpc) is 2.96. The lowest BCUT2D eigenvalue weighted by molar-refractivity contribution is -0.122. The molecule has 0 radical (unpaired) electrons. The van der Waals surface area contributed by atoms with Crippen LogP contribution in [0.5, 0.6) is 5.75 Å². The molecule has 11 heteroatoms. The Hall–Kier alpha value is -3.25. The van der Waals surface area contributed by atoms with Gasteiger partial charge in [-0.05, 0) is 73.2 Å². The zero-order valence-electron chi connectivity index (χ0n) is 22.7. The van der Waals surface area contributed by atoms with Gasteiger partial charge in [-0.15, -0.1) is 0 Å².